The zero-order chi connectivity index (χ0) is 34.9. The zero-order valence-corrected chi connectivity index (χ0v) is 24.6. The van der Waals surface area contributed by atoms with Crippen molar-refractivity contribution in [2.75, 3.05) is 13.1 Å². The van der Waals surface area contributed by atoms with E-state index in [0.29, 0.717) is 0 Å². The summed E-state index contributed by atoms with van der Waals surface area (Å²) in [4.78, 5) is 24.2. The highest BCUT2D eigenvalue weighted by molar-refractivity contribution is 6.30. The molecule has 0 radical (unpaired) electrons. The van der Waals surface area contributed by atoms with Crippen molar-refractivity contribution in [3.8, 4) is 6.07 Å². The average molecular weight is 620 g/mol. The minimum Gasteiger partial charge on any atom is -0.396 e. The highest BCUT2D eigenvalue weighted by Crippen LogP contribution is 2.52. The Balaban J connectivity index is 1.63. The van der Waals surface area contributed by atoms with E-state index < -0.39 is 41.6 Å². The number of nitriles is 1. The molecular formula is C33H31ClFN5O4. The molecule has 3 heterocycles. The second kappa shape index (κ2) is 11.1. The first-order valence-corrected chi connectivity index (χ1v) is 14.3. The van der Waals surface area contributed by atoms with Crippen molar-refractivity contribution in [1.82, 2.24) is 19.4 Å². The molecular weight excluding hydrogens is 585 g/mol. The maximum Gasteiger partial charge on any atom is 0.257 e. The van der Waals surface area contributed by atoms with Crippen LogP contribution in [0.2, 0.25) is 5.02 Å². The molecule has 2 aromatic carbocycles. The van der Waals surface area contributed by atoms with Crippen LogP contribution in [0.1, 0.15) is 75.7 Å². The number of aryl methyl sites for hydroxylation is 1. The van der Waals surface area contributed by atoms with Gasteiger partial charge in [-0.1, -0.05) is 30.7 Å². The van der Waals surface area contributed by atoms with E-state index in [0.717, 1.165) is 11.0 Å². The molecule has 0 saturated heterocycles. The first kappa shape index (κ1) is 25.2. The minimum absolute atomic E-state index is 0.0185. The van der Waals surface area contributed by atoms with Crippen molar-refractivity contribution in [1.29, 1.82) is 5.26 Å². The lowest BCUT2D eigenvalue weighted by atomic mass is 9.84. The largest absolute Gasteiger partial charge is 0.396 e. The molecule has 11 heteroatoms. The fourth-order valence-electron chi connectivity index (χ4n) is 5.54. The lowest BCUT2D eigenvalue weighted by Crippen LogP contribution is -2.48. The van der Waals surface area contributed by atoms with E-state index in [1.54, 1.807) is 24.7 Å². The predicted octanol–water partition coefficient (Wildman–Crippen LogP) is 4.77. The van der Waals surface area contributed by atoms with Gasteiger partial charge in [0.25, 0.3) is 5.91 Å². The first-order valence-electron chi connectivity index (χ1n) is 15.9. The van der Waals surface area contributed by atoms with Gasteiger partial charge in [0.1, 0.15) is 17.5 Å². The van der Waals surface area contributed by atoms with Gasteiger partial charge in [0.05, 0.1) is 59.6 Å². The highest BCUT2D eigenvalue weighted by Gasteiger charge is 2.57. The summed E-state index contributed by atoms with van der Waals surface area (Å²) in [5, 5.41) is 31.9. The summed E-state index contributed by atoms with van der Waals surface area (Å²) in [5.74, 6) is -1.82. The quantitative estimate of drug-likeness (QED) is 0.262. The van der Waals surface area contributed by atoms with Crippen LogP contribution in [0.15, 0.2) is 67.3 Å². The Morgan fingerprint density at radius 3 is 2.55 bits per heavy atom. The van der Waals surface area contributed by atoms with E-state index in [2.05, 4.69) is 9.97 Å². The first-order chi connectivity index (χ1) is 22.5. The van der Waals surface area contributed by atoms with Crippen LogP contribution in [-0.4, -0.2) is 48.7 Å². The molecule has 1 saturated carbocycles. The third-order valence-electron chi connectivity index (χ3n) is 8.27. The van der Waals surface area contributed by atoms with Gasteiger partial charge >= 0.3 is 0 Å². The fourth-order valence-corrected chi connectivity index (χ4v) is 5.67. The zero-order valence-electron chi connectivity index (χ0n) is 27.9. The maximum atomic E-state index is 17.0. The topological polar surface area (TPSA) is 124 Å². The summed E-state index contributed by atoms with van der Waals surface area (Å²) in [5.41, 5.74) is -6.08. The number of carbonyl (C=O) groups excluding carboxylic acids is 1. The summed E-state index contributed by atoms with van der Waals surface area (Å²) < 4.78 is 59.2. The molecule has 0 spiro atoms. The monoisotopic (exact) mass is 619 g/mol. The van der Waals surface area contributed by atoms with Crippen LogP contribution < -0.4 is 0 Å². The number of hydrogen-bond donors (Lipinski definition) is 2. The van der Waals surface area contributed by atoms with Crippen LogP contribution in [0.25, 0.3) is 0 Å². The lowest BCUT2D eigenvalue weighted by molar-refractivity contribution is -0.130. The SMILES string of the molecule is [2H]C([2H])(O)C1(C([2H])([2H])O[C@]2(c3ccc(Cl)cc3)c3c(F)cc(C(O)(CC)c4cn(C)cn4)cc3C(=O)N2Cc2ccc(C#N)cn2)CC1. The van der Waals surface area contributed by atoms with Crippen molar-refractivity contribution >= 4 is 17.5 Å². The van der Waals surface area contributed by atoms with E-state index in [-0.39, 0.29) is 70.0 Å². The van der Waals surface area contributed by atoms with Crippen molar-refractivity contribution in [3.05, 3.63) is 117 Å². The Bertz CT molecular complexity index is 1940. The van der Waals surface area contributed by atoms with Crippen molar-refractivity contribution < 1.29 is 29.6 Å². The van der Waals surface area contributed by atoms with E-state index in [1.807, 2.05) is 6.07 Å². The Labute approximate surface area is 264 Å². The number of hydrogen-bond acceptors (Lipinski definition) is 7. The van der Waals surface area contributed by atoms with Crippen LogP contribution in [0.3, 0.4) is 0 Å². The van der Waals surface area contributed by atoms with Gasteiger partial charge in [-0.3, -0.25) is 14.7 Å². The number of ether oxygens (including phenoxy) is 1. The smallest absolute Gasteiger partial charge is 0.257 e. The molecule has 44 heavy (non-hydrogen) atoms. The molecule has 226 valence electrons. The Kier molecular flexibility index (Phi) is 6.36. The number of halogens is 2. The number of aromatic nitrogens is 3. The van der Waals surface area contributed by atoms with Crippen molar-refractivity contribution in [2.45, 2.75) is 44.1 Å². The number of aliphatic hydroxyl groups is 2. The van der Waals surface area contributed by atoms with E-state index in [9.17, 15) is 20.3 Å². The van der Waals surface area contributed by atoms with Crippen molar-refractivity contribution in [2.24, 2.45) is 12.5 Å². The molecule has 1 unspecified atom stereocenters. The van der Waals surface area contributed by atoms with Gasteiger partial charge in [-0.15, -0.1) is 0 Å². The molecule has 0 bridgehead atoms. The van der Waals surface area contributed by atoms with E-state index in [1.165, 1.54) is 55.0 Å². The summed E-state index contributed by atoms with van der Waals surface area (Å²) in [7, 11) is 1.71. The molecule has 9 nitrogen and oxygen atoms in total. The molecule has 1 fully saturated rings. The van der Waals surface area contributed by atoms with Gasteiger partial charge in [-0.05, 0) is 61.2 Å². The Morgan fingerprint density at radius 2 is 1.98 bits per heavy atom. The maximum absolute atomic E-state index is 17.0. The summed E-state index contributed by atoms with van der Waals surface area (Å²) in [6, 6.07) is 13.1. The molecule has 2 aromatic heterocycles. The number of carbonyl (C=O) groups is 1. The molecule has 4 aromatic rings. The molecule has 1 amide bonds. The standard InChI is InChI=1S/C33H31ClFN5O4/c1-3-32(43,28-17-39(2)20-38-28)23-12-26-29(27(35)13-23)33(22-5-7-24(34)8-6-22,44-19-31(18-41)10-11-31)40(30(26)42)16-25-9-4-21(14-36)15-37-25/h4-9,12-13,15,17,20,41,43H,3,10-11,16,18-19H2,1-2H3/t32?,33-/m1/s1/i18D2,19D2. The highest BCUT2D eigenvalue weighted by atomic mass is 35.5. The third-order valence-corrected chi connectivity index (χ3v) is 8.52. The van der Waals surface area contributed by atoms with Crippen LogP contribution in [0.4, 0.5) is 4.39 Å². The number of benzene rings is 2. The number of fused-ring (bicyclic) bond motifs is 1. The molecule has 1 aliphatic carbocycles. The number of imidazole rings is 1. The van der Waals surface area contributed by atoms with Crippen molar-refractivity contribution in [3.63, 3.8) is 0 Å². The van der Waals surface area contributed by atoms with Gasteiger partial charge in [0, 0.05) is 35.4 Å². The van der Waals surface area contributed by atoms with E-state index in [4.69, 9.17) is 21.8 Å². The van der Waals surface area contributed by atoms with Crippen LogP contribution >= 0.6 is 11.6 Å². The summed E-state index contributed by atoms with van der Waals surface area (Å²) in [6.07, 6.45) is 4.23. The average Bonchev–Trinajstić information content (AvgIpc) is 3.73. The predicted molar refractivity (Wildman–Crippen MR) is 159 cm³/mol. The summed E-state index contributed by atoms with van der Waals surface area (Å²) in [6.45, 7) is -4.71. The fraction of sp³-hybridized carbons (Fsp3) is 0.333. The van der Waals surface area contributed by atoms with Gasteiger partial charge in [-0.2, -0.15) is 5.26 Å². The Morgan fingerprint density at radius 1 is 1.23 bits per heavy atom. The van der Waals surface area contributed by atoms with Gasteiger partial charge < -0.3 is 19.5 Å². The Hall–Kier alpha value is -4.14. The number of amides is 1. The number of pyridine rings is 1. The van der Waals surface area contributed by atoms with E-state index >= 15 is 4.39 Å². The van der Waals surface area contributed by atoms with Crippen LogP contribution in [-0.2, 0) is 29.7 Å². The molecule has 2 atom stereocenters. The molecule has 6 rings (SSSR count). The van der Waals surface area contributed by atoms with Gasteiger partial charge in [-0.25, -0.2) is 9.37 Å². The molecule has 2 N–H and O–H groups in total. The summed E-state index contributed by atoms with van der Waals surface area (Å²) >= 11 is 6.22. The minimum atomic E-state index is -3.04. The molecule has 2 aliphatic rings. The van der Waals surface area contributed by atoms with Gasteiger partial charge in [0.15, 0.2) is 5.72 Å². The molecule has 1 aliphatic heterocycles. The second-order valence-electron chi connectivity index (χ2n) is 11.1. The van der Waals surface area contributed by atoms with Gasteiger partial charge in [0.2, 0.25) is 0 Å². The normalized spacial score (nSPS) is 21.8. The second-order valence-corrected chi connectivity index (χ2v) is 11.5. The van der Waals surface area contributed by atoms with Crippen LogP contribution in [0.5, 0.6) is 0 Å². The van der Waals surface area contributed by atoms with Crippen LogP contribution in [0, 0.1) is 22.6 Å². The number of rotatable bonds is 10. The lowest BCUT2D eigenvalue weighted by Gasteiger charge is -2.40. The third kappa shape index (κ3) is 4.86. The number of nitrogens with zero attached hydrogens (tertiary/aromatic N) is 5.